The van der Waals surface area contributed by atoms with Gasteiger partial charge in [0.1, 0.15) is 5.82 Å². The molecule has 0 amide bonds. The Bertz CT molecular complexity index is 956. The second kappa shape index (κ2) is 7.71. The largest absolute Gasteiger partial charge is 0.395 e. The number of aryl methyl sites for hydroxylation is 1. The van der Waals surface area contributed by atoms with Crippen LogP contribution in [0.4, 0.5) is 5.82 Å². The molecule has 4 rings (SSSR count). The Morgan fingerprint density at radius 3 is 2.63 bits per heavy atom. The molecule has 0 saturated carbocycles. The van der Waals surface area contributed by atoms with Gasteiger partial charge in [-0.25, -0.2) is 9.97 Å². The lowest BCUT2D eigenvalue weighted by Gasteiger charge is -2.22. The molecule has 4 nitrogen and oxygen atoms in total. The van der Waals surface area contributed by atoms with E-state index in [-0.39, 0.29) is 6.61 Å². The van der Waals surface area contributed by atoms with Crippen LogP contribution in [0.3, 0.4) is 0 Å². The van der Waals surface area contributed by atoms with Gasteiger partial charge in [0.2, 0.25) is 0 Å². The summed E-state index contributed by atoms with van der Waals surface area (Å²) in [6, 6.07) is 16.8. The number of anilines is 1. The first-order valence-corrected chi connectivity index (χ1v) is 10.2. The number of nitrogens with zero attached hydrogens (tertiary/aromatic N) is 3. The van der Waals surface area contributed by atoms with Crippen LogP contribution in [-0.2, 0) is 6.42 Å². The molecule has 0 fully saturated rings. The van der Waals surface area contributed by atoms with E-state index in [1.165, 1.54) is 21.6 Å². The summed E-state index contributed by atoms with van der Waals surface area (Å²) < 4.78 is 0. The lowest BCUT2D eigenvalue weighted by Crippen LogP contribution is -2.24. The minimum Gasteiger partial charge on any atom is -0.395 e. The van der Waals surface area contributed by atoms with Crippen molar-refractivity contribution in [1.82, 2.24) is 9.97 Å². The Labute approximate surface area is 164 Å². The minimum atomic E-state index is 0.0977. The number of hydrogen-bond donors (Lipinski definition) is 1. The normalized spacial score (nSPS) is 12.9. The van der Waals surface area contributed by atoms with Gasteiger partial charge in [-0.1, -0.05) is 48.0 Å². The van der Waals surface area contributed by atoms with Crippen molar-refractivity contribution in [2.45, 2.75) is 18.2 Å². The summed E-state index contributed by atoms with van der Waals surface area (Å²) in [5, 5.41) is 9.44. The van der Waals surface area contributed by atoms with Crippen LogP contribution in [0.5, 0.6) is 0 Å². The summed E-state index contributed by atoms with van der Waals surface area (Å²) in [6.45, 7) is 2.72. The van der Waals surface area contributed by atoms with E-state index in [0.717, 1.165) is 35.1 Å². The highest BCUT2D eigenvalue weighted by atomic mass is 32.2. The average Bonchev–Trinajstić information content (AvgIpc) is 2.87. The Hall–Kier alpha value is -2.37. The lowest BCUT2D eigenvalue weighted by atomic mass is 10.0. The van der Waals surface area contributed by atoms with Gasteiger partial charge in [0, 0.05) is 40.9 Å². The number of aliphatic hydroxyl groups excluding tert-OH is 1. The van der Waals surface area contributed by atoms with Crippen LogP contribution in [0, 0.1) is 6.92 Å². The fraction of sp³-hybridized carbons (Fsp3) is 0.273. The molecule has 0 unspecified atom stereocenters. The quantitative estimate of drug-likeness (QED) is 0.739. The molecule has 1 aliphatic rings. The average molecular weight is 378 g/mol. The van der Waals surface area contributed by atoms with Gasteiger partial charge in [0.05, 0.1) is 12.3 Å². The van der Waals surface area contributed by atoms with Crippen LogP contribution in [0.25, 0.3) is 22.6 Å². The summed E-state index contributed by atoms with van der Waals surface area (Å²) >= 11 is 1.87. The molecular formula is C22H23N3OS. The molecule has 0 spiro atoms. The first-order chi connectivity index (χ1) is 13.2. The van der Waals surface area contributed by atoms with E-state index < -0.39 is 0 Å². The van der Waals surface area contributed by atoms with Gasteiger partial charge < -0.3 is 10.0 Å². The third-order valence-electron chi connectivity index (χ3n) is 4.84. The van der Waals surface area contributed by atoms with Crippen molar-refractivity contribution in [3.8, 4) is 22.6 Å². The number of aliphatic hydroxyl groups is 1. The molecule has 0 atom stereocenters. The summed E-state index contributed by atoms with van der Waals surface area (Å²) in [4.78, 5) is 13.2. The topological polar surface area (TPSA) is 49.2 Å². The van der Waals surface area contributed by atoms with Gasteiger partial charge in [-0.2, -0.15) is 0 Å². The van der Waals surface area contributed by atoms with Gasteiger partial charge in [-0.05, 0) is 19.4 Å². The van der Waals surface area contributed by atoms with E-state index >= 15 is 0 Å². The molecule has 1 N–H and O–H groups in total. The molecule has 1 aliphatic heterocycles. The first-order valence-electron chi connectivity index (χ1n) is 9.19. The number of rotatable bonds is 4. The van der Waals surface area contributed by atoms with E-state index in [4.69, 9.17) is 9.97 Å². The summed E-state index contributed by atoms with van der Waals surface area (Å²) in [7, 11) is 1.99. The lowest BCUT2D eigenvalue weighted by molar-refractivity contribution is 0.303. The van der Waals surface area contributed by atoms with Crippen molar-refractivity contribution >= 4 is 17.6 Å². The molecule has 138 valence electrons. The highest BCUT2D eigenvalue weighted by Crippen LogP contribution is 2.40. The number of likely N-dealkylation sites (N-methyl/N-ethyl adjacent to an activating group) is 1. The maximum Gasteiger partial charge on any atom is 0.162 e. The number of aromatic nitrogens is 2. The van der Waals surface area contributed by atoms with Crippen molar-refractivity contribution in [3.63, 3.8) is 0 Å². The standard InChI is InChI=1S/C22H23N3OS/c1-15-7-9-16(10-8-15)21-23-20-17-5-3-4-6-19(17)27-14-11-18(20)22(24-21)25(2)12-13-26/h3-10,26H,11-14H2,1-2H3. The van der Waals surface area contributed by atoms with Crippen LogP contribution in [0.15, 0.2) is 53.4 Å². The zero-order valence-corrected chi connectivity index (χ0v) is 16.5. The summed E-state index contributed by atoms with van der Waals surface area (Å²) in [5.41, 5.74) is 5.58. The number of benzene rings is 2. The van der Waals surface area contributed by atoms with E-state index in [1.54, 1.807) is 0 Å². The molecular weight excluding hydrogens is 354 g/mol. The third-order valence-corrected chi connectivity index (χ3v) is 5.92. The molecule has 0 radical (unpaired) electrons. The van der Waals surface area contributed by atoms with Gasteiger partial charge in [0.25, 0.3) is 0 Å². The molecule has 1 aromatic heterocycles. The number of fused-ring (bicyclic) bond motifs is 3. The van der Waals surface area contributed by atoms with Crippen molar-refractivity contribution in [3.05, 3.63) is 59.7 Å². The van der Waals surface area contributed by atoms with E-state index in [0.29, 0.717) is 6.54 Å². The second-order valence-electron chi connectivity index (χ2n) is 6.80. The van der Waals surface area contributed by atoms with Crippen LogP contribution in [0.2, 0.25) is 0 Å². The van der Waals surface area contributed by atoms with Gasteiger partial charge in [-0.3, -0.25) is 0 Å². The zero-order chi connectivity index (χ0) is 18.8. The van der Waals surface area contributed by atoms with Crippen molar-refractivity contribution < 1.29 is 5.11 Å². The molecule has 2 heterocycles. The third kappa shape index (κ3) is 3.57. The monoisotopic (exact) mass is 377 g/mol. The number of thioether (sulfide) groups is 1. The second-order valence-corrected chi connectivity index (χ2v) is 7.94. The molecule has 0 aliphatic carbocycles. The van der Waals surface area contributed by atoms with Crippen molar-refractivity contribution in [2.24, 2.45) is 0 Å². The molecule has 3 aromatic rings. The van der Waals surface area contributed by atoms with E-state index in [9.17, 15) is 5.11 Å². The van der Waals surface area contributed by atoms with Crippen LogP contribution < -0.4 is 4.90 Å². The van der Waals surface area contributed by atoms with Crippen LogP contribution >= 0.6 is 11.8 Å². The fourth-order valence-corrected chi connectivity index (χ4v) is 4.40. The highest BCUT2D eigenvalue weighted by Gasteiger charge is 2.23. The van der Waals surface area contributed by atoms with Crippen molar-refractivity contribution in [2.75, 3.05) is 30.9 Å². The molecule has 2 aromatic carbocycles. The highest BCUT2D eigenvalue weighted by molar-refractivity contribution is 7.99. The summed E-state index contributed by atoms with van der Waals surface area (Å²) in [5.74, 6) is 2.65. The van der Waals surface area contributed by atoms with Crippen molar-refractivity contribution in [1.29, 1.82) is 0 Å². The summed E-state index contributed by atoms with van der Waals surface area (Å²) in [6.07, 6.45) is 0.911. The van der Waals surface area contributed by atoms with E-state index in [2.05, 4.69) is 55.5 Å². The SMILES string of the molecule is Cc1ccc(-c2nc3c(c(N(C)CCO)n2)CCSc2ccccc2-3)cc1. The predicted octanol–water partition coefficient (Wildman–Crippen LogP) is 4.20. The fourth-order valence-electron chi connectivity index (χ4n) is 3.38. The van der Waals surface area contributed by atoms with Gasteiger partial charge in [-0.15, -0.1) is 11.8 Å². The predicted molar refractivity (Wildman–Crippen MR) is 112 cm³/mol. The van der Waals surface area contributed by atoms with Crippen LogP contribution in [0.1, 0.15) is 11.1 Å². The van der Waals surface area contributed by atoms with Crippen LogP contribution in [-0.4, -0.2) is 41.0 Å². The Morgan fingerprint density at radius 2 is 1.85 bits per heavy atom. The zero-order valence-electron chi connectivity index (χ0n) is 15.6. The molecule has 0 saturated heterocycles. The Balaban J connectivity index is 1.95. The maximum absolute atomic E-state index is 9.44. The minimum absolute atomic E-state index is 0.0977. The molecule has 5 heteroatoms. The molecule has 0 bridgehead atoms. The van der Waals surface area contributed by atoms with Gasteiger partial charge in [0.15, 0.2) is 5.82 Å². The Morgan fingerprint density at radius 1 is 1.07 bits per heavy atom. The maximum atomic E-state index is 9.44. The number of hydrogen-bond acceptors (Lipinski definition) is 5. The van der Waals surface area contributed by atoms with E-state index in [1.807, 2.05) is 23.7 Å². The molecule has 27 heavy (non-hydrogen) atoms. The first kappa shape index (κ1) is 18.0. The smallest absolute Gasteiger partial charge is 0.162 e. The van der Waals surface area contributed by atoms with Gasteiger partial charge >= 0.3 is 0 Å². The Kier molecular flexibility index (Phi) is 5.14.